The summed E-state index contributed by atoms with van der Waals surface area (Å²) in [6, 6.07) is 5.78. The number of nitrogens with zero attached hydrogens (tertiary/aromatic N) is 2. The lowest BCUT2D eigenvalue weighted by atomic mass is 9.94. The number of aliphatic hydroxyl groups is 2. The number of aliphatic hydroxyl groups excluding tert-OH is 2. The lowest BCUT2D eigenvalue weighted by Crippen LogP contribution is -2.29. The monoisotopic (exact) mass is 343 g/mol. The third-order valence-corrected chi connectivity index (χ3v) is 4.26. The van der Waals surface area contributed by atoms with Crippen LogP contribution in [0.5, 0.6) is 0 Å². The van der Waals surface area contributed by atoms with Crippen molar-refractivity contribution in [1.29, 1.82) is 0 Å². The van der Waals surface area contributed by atoms with Crippen molar-refractivity contribution in [3.05, 3.63) is 46.7 Å². The number of aliphatic imine (C=N–C) groups is 1. The van der Waals surface area contributed by atoms with Gasteiger partial charge in [0.05, 0.1) is 30.3 Å². The van der Waals surface area contributed by atoms with Gasteiger partial charge < -0.3 is 20.8 Å². The first kappa shape index (κ1) is 18.9. The fraction of sp³-hybridized carbons (Fsp3) is 0.368. The molecular formula is C19H25N3O3. The van der Waals surface area contributed by atoms with E-state index in [1.807, 2.05) is 36.9 Å². The lowest BCUT2D eigenvalue weighted by molar-refractivity contribution is -0.111. The van der Waals surface area contributed by atoms with E-state index in [2.05, 4.69) is 0 Å². The van der Waals surface area contributed by atoms with Crippen LogP contribution in [-0.4, -0.2) is 48.0 Å². The standard InChI is InChI=1S/C19H25N3O3/c1-12-10-15(22(6-8-23)7-9-24)4-5-16(12)21-19-13(2)11-17(25)18(20)14(19)3/h4-5,10-11,23-24H,6-9,20H2,1-3H3. The summed E-state index contributed by atoms with van der Waals surface area (Å²) in [7, 11) is 0. The number of carbonyl (C=O) groups excluding carboxylic acids is 1. The van der Waals surface area contributed by atoms with E-state index in [4.69, 9.17) is 10.7 Å². The van der Waals surface area contributed by atoms with Gasteiger partial charge in [-0.3, -0.25) is 4.79 Å². The number of benzene rings is 1. The maximum atomic E-state index is 11.8. The van der Waals surface area contributed by atoms with Crippen LogP contribution in [0.3, 0.4) is 0 Å². The Morgan fingerprint density at radius 3 is 2.32 bits per heavy atom. The van der Waals surface area contributed by atoms with E-state index in [1.54, 1.807) is 6.92 Å². The molecule has 6 heteroatoms. The van der Waals surface area contributed by atoms with Gasteiger partial charge in [-0.25, -0.2) is 4.99 Å². The van der Waals surface area contributed by atoms with E-state index in [0.717, 1.165) is 28.2 Å². The number of carbonyl (C=O) groups is 1. The van der Waals surface area contributed by atoms with E-state index in [1.165, 1.54) is 6.08 Å². The number of allylic oxidation sites excluding steroid dienone is 3. The molecule has 0 aromatic heterocycles. The third-order valence-electron chi connectivity index (χ3n) is 4.26. The van der Waals surface area contributed by atoms with E-state index < -0.39 is 0 Å². The van der Waals surface area contributed by atoms with Gasteiger partial charge in [-0.15, -0.1) is 0 Å². The molecule has 134 valence electrons. The molecule has 0 bridgehead atoms. The Balaban J connectivity index is 2.38. The summed E-state index contributed by atoms with van der Waals surface area (Å²) in [6.45, 7) is 6.55. The molecule has 0 heterocycles. The van der Waals surface area contributed by atoms with Crippen molar-refractivity contribution in [2.75, 3.05) is 31.2 Å². The van der Waals surface area contributed by atoms with Crippen molar-refractivity contribution in [2.24, 2.45) is 10.7 Å². The van der Waals surface area contributed by atoms with Gasteiger partial charge in [0, 0.05) is 24.4 Å². The van der Waals surface area contributed by atoms with Crippen molar-refractivity contribution >= 4 is 22.9 Å². The molecule has 1 aliphatic carbocycles. The van der Waals surface area contributed by atoms with Gasteiger partial charge in [0.15, 0.2) is 0 Å². The maximum Gasteiger partial charge on any atom is 0.202 e. The first-order valence-corrected chi connectivity index (χ1v) is 8.24. The van der Waals surface area contributed by atoms with E-state index in [0.29, 0.717) is 18.7 Å². The van der Waals surface area contributed by atoms with Crippen molar-refractivity contribution in [3.63, 3.8) is 0 Å². The fourth-order valence-corrected chi connectivity index (χ4v) is 2.82. The molecule has 0 aliphatic heterocycles. The van der Waals surface area contributed by atoms with Crippen LogP contribution in [0.4, 0.5) is 11.4 Å². The zero-order valence-electron chi connectivity index (χ0n) is 14.9. The van der Waals surface area contributed by atoms with Crippen LogP contribution in [0.2, 0.25) is 0 Å². The molecule has 0 radical (unpaired) electrons. The zero-order valence-corrected chi connectivity index (χ0v) is 14.9. The summed E-state index contributed by atoms with van der Waals surface area (Å²) in [5, 5.41) is 18.3. The molecule has 0 saturated heterocycles. The van der Waals surface area contributed by atoms with Gasteiger partial charge in [0.2, 0.25) is 5.78 Å². The molecule has 25 heavy (non-hydrogen) atoms. The third kappa shape index (κ3) is 4.15. The van der Waals surface area contributed by atoms with E-state index in [9.17, 15) is 15.0 Å². The second-order valence-corrected chi connectivity index (χ2v) is 6.10. The normalized spacial score (nSPS) is 16.4. The number of hydrogen-bond acceptors (Lipinski definition) is 6. The van der Waals surface area contributed by atoms with Crippen LogP contribution in [0.1, 0.15) is 19.4 Å². The largest absolute Gasteiger partial charge is 0.395 e. The first-order chi connectivity index (χ1) is 11.9. The molecule has 0 fully saturated rings. The second-order valence-electron chi connectivity index (χ2n) is 6.10. The Morgan fingerprint density at radius 2 is 1.76 bits per heavy atom. The van der Waals surface area contributed by atoms with Gasteiger partial charge in [-0.05, 0) is 56.2 Å². The Bertz CT molecular complexity index is 757. The average Bonchev–Trinajstić information content (AvgIpc) is 2.57. The molecule has 4 N–H and O–H groups in total. The SMILES string of the molecule is CC1=CC(=O)C(N)=C(C)C1=Nc1ccc(N(CCO)CCO)cc1C. The summed E-state index contributed by atoms with van der Waals surface area (Å²) < 4.78 is 0. The van der Waals surface area contributed by atoms with Crippen LogP contribution in [0.25, 0.3) is 0 Å². The smallest absolute Gasteiger partial charge is 0.202 e. The fourth-order valence-electron chi connectivity index (χ4n) is 2.82. The molecule has 0 saturated carbocycles. The number of aryl methyl sites for hydroxylation is 1. The zero-order chi connectivity index (χ0) is 18.6. The van der Waals surface area contributed by atoms with Crippen LogP contribution in [-0.2, 0) is 4.79 Å². The summed E-state index contributed by atoms with van der Waals surface area (Å²) in [5.74, 6) is -0.176. The highest BCUT2D eigenvalue weighted by atomic mass is 16.3. The lowest BCUT2D eigenvalue weighted by Gasteiger charge is -2.23. The Kier molecular flexibility index (Phi) is 6.12. The maximum absolute atomic E-state index is 11.8. The molecule has 1 aromatic rings. The number of hydrogen-bond donors (Lipinski definition) is 3. The first-order valence-electron chi connectivity index (χ1n) is 8.24. The molecule has 0 spiro atoms. The molecular weight excluding hydrogens is 318 g/mol. The summed E-state index contributed by atoms with van der Waals surface area (Å²) in [6.07, 6.45) is 1.51. The quantitative estimate of drug-likeness (QED) is 0.682. The molecule has 0 unspecified atom stereocenters. The number of rotatable bonds is 6. The Morgan fingerprint density at radius 1 is 1.12 bits per heavy atom. The van der Waals surface area contributed by atoms with Crippen molar-refractivity contribution in [1.82, 2.24) is 0 Å². The molecule has 1 aliphatic rings. The van der Waals surface area contributed by atoms with Gasteiger partial charge in [0.25, 0.3) is 0 Å². The van der Waals surface area contributed by atoms with Crippen LogP contribution in [0.15, 0.2) is 46.1 Å². The average molecular weight is 343 g/mol. The molecule has 6 nitrogen and oxygen atoms in total. The summed E-state index contributed by atoms with van der Waals surface area (Å²) >= 11 is 0. The second kappa shape index (κ2) is 8.09. The molecule has 0 amide bonds. The van der Waals surface area contributed by atoms with Crippen LogP contribution >= 0.6 is 0 Å². The van der Waals surface area contributed by atoms with Crippen LogP contribution in [0, 0.1) is 6.92 Å². The molecule has 1 aromatic carbocycles. The number of nitrogens with two attached hydrogens (primary N) is 1. The predicted octanol–water partition coefficient (Wildman–Crippen LogP) is 1.62. The Hall–Kier alpha value is -2.44. The van der Waals surface area contributed by atoms with Crippen molar-refractivity contribution < 1.29 is 15.0 Å². The van der Waals surface area contributed by atoms with Crippen molar-refractivity contribution in [3.8, 4) is 0 Å². The number of anilines is 1. The van der Waals surface area contributed by atoms with Gasteiger partial charge in [0.1, 0.15) is 0 Å². The topological polar surface area (TPSA) is 99.2 Å². The van der Waals surface area contributed by atoms with Crippen molar-refractivity contribution in [2.45, 2.75) is 20.8 Å². The minimum Gasteiger partial charge on any atom is -0.395 e. The van der Waals surface area contributed by atoms with E-state index in [-0.39, 0.29) is 24.7 Å². The van der Waals surface area contributed by atoms with Gasteiger partial charge in [-0.2, -0.15) is 0 Å². The highest BCUT2D eigenvalue weighted by Crippen LogP contribution is 2.28. The van der Waals surface area contributed by atoms with Gasteiger partial charge in [-0.1, -0.05) is 0 Å². The Labute approximate surface area is 148 Å². The highest BCUT2D eigenvalue weighted by Gasteiger charge is 2.20. The highest BCUT2D eigenvalue weighted by molar-refractivity contribution is 6.24. The van der Waals surface area contributed by atoms with Gasteiger partial charge >= 0.3 is 0 Å². The molecule has 2 rings (SSSR count). The van der Waals surface area contributed by atoms with E-state index >= 15 is 0 Å². The number of ketones is 1. The predicted molar refractivity (Wildman–Crippen MR) is 100 cm³/mol. The summed E-state index contributed by atoms with van der Waals surface area (Å²) in [5.41, 5.74) is 11.0. The van der Waals surface area contributed by atoms with Crippen LogP contribution < -0.4 is 10.6 Å². The summed E-state index contributed by atoms with van der Waals surface area (Å²) in [4.78, 5) is 18.4. The molecule has 0 atom stereocenters. The minimum atomic E-state index is -0.176. The minimum absolute atomic E-state index is 0.0182.